The fraction of sp³-hybridized carbons (Fsp3) is 0. The Morgan fingerprint density at radius 2 is 0.911 bits per heavy atom. The zero-order chi connectivity index (χ0) is 34.1. The Labute approximate surface area is 268 Å². The number of hydrogen-bond donors (Lipinski definition) is 0. The highest BCUT2D eigenvalue weighted by Gasteiger charge is 2.21. The van der Waals surface area contributed by atoms with Crippen LogP contribution in [0.25, 0.3) is 88.0 Å². The van der Waals surface area contributed by atoms with Crippen LogP contribution < -0.4 is 0 Å². The molecule has 0 atom stereocenters. The summed E-state index contributed by atoms with van der Waals surface area (Å²) in [6.45, 7) is 0. The maximum absolute atomic E-state index is 8.82. The third kappa shape index (κ3) is 4.17. The van der Waals surface area contributed by atoms with E-state index in [-0.39, 0.29) is 29.7 Å². The van der Waals surface area contributed by atoms with E-state index in [0.717, 1.165) is 60.1 Å². The van der Waals surface area contributed by atoms with Gasteiger partial charge < -0.3 is 4.42 Å². The van der Waals surface area contributed by atoms with Crippen LogP contribution in [0.3, 0.4) is 0 Å². The molecule has 9 rings (SSSR count). The molecule has 210 valence electrons. The van der Waals surface area contributed by atoms with Crippen molar-refractivity contribution in [3.8, 4) is 44.5 Å². The highest BCUT2D eigenvalue weighted by molar-refractivity contribution is 6.26. The molecule has 0 N–H and O–H groups in total. The van der Waals surface area contributed by atoms with Crippen molar-refractivity contribution in [1.29, 1.82) is 0 Å². The van der Waals surface area contributed by atoms with E-state index < -0.39 is 6.04 Å². The predicted molar refractivity (Wildman–Crippen MR) is 190 cm³/mol. The van der Waals surface area contributed by atoms with Gasteiger partial charge in [-0.2, -0.15) is 0 Å². The molecule has 1 heteroatoms. The second-order valence-electron chi connectivity index (χ2n) is 11.3. The molecule has 1 heterocycles. The van der Waals surface area contributed by atoms with Gasteiger partial charge in [-0.3, -0.25) is 0 Å². The first-order chi connectivity index (χ1) is 24.4. The molecule has 0 amide bonds. The van der Waals surface area contributed by atoms with Crippen molar-refractivity contribution in [2.24, 2.45) is 0 Å². The molecule has 9 aromatic rings. The summed E-state index contributed by atoms with van der Waals surface area (Å²) in [5, 5.41) is 6.10. The molecule has 8 aromatic carbocycles. The third-order valence-corrected chi connectivity index (χ3v) is 8.75. The molecular weight excluding hydrogens is 544 g/mol. The number of hydrogen-bond acceptors (Lipinski definition) is 1. The SMILES string of the molecule is [2H]c1c([2H])c([2H])c(-c2cc(-c3c4ccccc4c(-c4ccc(-c5ccccc5)cc4)c4ccccc34)c3c(c2)oc2ccccc23)c([2H])c1[2H]. The molecule has 0 unspecified atom stereocenters. The van der Waals surface area contributed by atoms with E-state index in [2.05, 4.69) is 84.9 Å². The van der Waals surface area contributed by atoms with Gasteiger partial charge in [-0.15, -0.1) is 0 Å². The lowest BCUT2D eigenvalue weighted by Crippen LogP contribution is -1.92. The van der Waals surface area contributed by atoms with Gasteiger partial charge in [0.2, 0.25) is 0 Å². The number of fused-ring (bicyclic) bond motifs is 5. The summed E-state index contributed by atoms with van der Waals surface area (Å²) in [5.74, 6) is 0. The minimum absolute atomic E-state index is 0.142. The molecular formula is C44H28O. The highest BCUT2D eigenvalue weighted by Crippen LogP contribution is 2.48. The van der Waals surface area contributed by atoms with E-state index in [1.807, 2.05) is 48.5 Å². The molecule has 0 bridgehead atoms. The monoisotopic (exact) mass is 577 g/mol. The number of furan rings is 1. The normalized spacial score (nSPS) is 13.1. The van der Waals surface area contributed by atoms with Crippen molar-refractivity contribution in [2.75, 3.05) is 0 Å². The predicted octanol–water partition coefficient (Wildman–Crippen LogP) is 12.6. The van der Waals surface area contributed by atoms with Gasteiger partial charge in [-0.25, -0.2) is 0 Å². The summed E-state index contributed by atoms with van der Waals surface area (Å²) < 4.78 is 49.1. The van der Waals surface area contributed by atoms with Crippen LogP contribution in [0.5, 0.6) is 0 Å². The van der Waals surface area contributed by atoms with Gasteiger partial charge in [-0.1, -0.05) is 152 Å². The molecule has 0 aliphatic heterocycles. The van der Waals surface area contributed by atoms with Gasteiger partial charge in [0.25, 0.3) is 0 Å². The lowest BCUT2D eigenvalue weighted by molar-refractivity contribution is 0.669. The van der Waals surface area contributed by atoms with Gasteiger partial charge in [-0.05, 0) is 84.3 Å². The molecule has 0 fully saturated rings. The molecule has 0 spiro atoms. The number of rotatable bonds is 4. The molecule has 1 aromatic heterocycles. The zero-order valence-electron chi connectivity index (χ0n) is 29.2. The molecule has 0 radical (unpaired) electrons. The van der Waals surface area contributed by atoms with E-state index in [1.54, 1.807) is 6.07 Å². The third-order valence-electron chi connectivity index (χ3n) is 8.75. The summed E-state index contributed by atoms with van der Waals surface area (Å²) >= 11 is 0. The lowest BCUT2D eigenvalue weighted by atomic mass is 9.84. The first-order valence-corrected chi connectivity index (χ1v) is 15.0. The van der Waals surface area contributed by atoms with Crippen LogP contribution in [-0.2, 0) is 0 Å². The minimum Gasteiger partial charge on any atom is -0.456 e. The summed E-state index contributed by atoms with van der Waals surface area (Å²) in [6.07, 6.45) is 0. The Balaban J connectivity index is 1.39. The van der Waals surface area contributed by atoms with Gasteiger partial charge in [0, 0.05) is 10.8 Å². The second-order valence-corrected chi connectivity index (χ2v) is 11.3. The summed E-state index contributed by atoms with van der Waals surface area (Å²) in [5.41, 5.74) is 8.35. The number of para-hydroxylation sites is 1. The Hall–Kier alpha value is -5.92. The minimum atomic E-state index is -0.418. The van der Waals surface area contributed by atoms with Crippen LogP contribution in [0, 0.1) is 0 Å². The first-order valence-electron chi connectivity index (χ1n) is 17.5. The van der Waals surface area contributed by atoms with Gasteiger partial charge in [0.05, 0.1) is 6.85 Å². The van der Waals surface area contributed by atoms with E-state index in [0.29, 0.717) is 16.7 Å². The smallest absolute Gasteiger partial charge is 0.136 e. The quantitative estimate of drug-likeness (QED) is 0.190. The van der Waals surface area contributed by atoms with E-state index in [1.165, 1.54) is 5.56 Å². The summed E-state index contributed by atoms with van der Waals surface area (Å²) in [6, 6.07) is 46.0. The van der Waals surface area contributed by atoms with Crippen LogP contribution in [0.1, 0.15) is 6.85 Å². The summed E-state index contributed by atoms with van der Waals surface area (Å²) in [4.78, 5) is 0. The van der Waals surface area contributed by atoms with Gasteiger partial charge >= 0.3 is 0 Å². The Kier molecular flexibility index (Phi) is 4.81. The average Bonchev–Trinajstić information content (AvgIpc) is 3.54. The fourth-order valence-corrected chi connectivity index (χ4v) is 6.78. The van der Waals surface area contributed by atoms with Gasteiger partial charge in [0.1, 0.15) is 11.2 Å². The average molecular weight is 578 g/mol. The van der Waals surface area contributed by atoms with Crippen LogP contribution in [-0.4, -0.2) is 0 Å². The van der Waals surface area contributed by atoms with Crippen LogP contribution in [0.2, 0.25) is 0 Å². The zero-order valence-corrected chi connectivity index (χ0v) is 24.2. The Morgan fingerprint density at radius 1 is 0.378 bits per heavy atom. The van der Waals surface area contributed by atoms with Crippen molar-refractivity contribution >= 4 is 43.5 Å². The first kappa shape index (κ1) is 20.9. The molecule has 0 saturated carbocycles. The van der Waals surface area contributed by atoms with Crippen LogP contribution in [0.15, 0.2) is 174 Å². The van der Waals surface area contributed by atoms with Crippen LogP contribution >= 0.6 is 0 Å². The fourth-order valence-electron chi connectivity index (χ4n) is 6.78. The Morgan fingerprint density at radius 3 is 1.58 bits per heavy atom. The molecule has 0 aliphatic rings. The van der Waals surface area contributed by atoms with Crippen molar-refractivity contribution in [2.45, 2.75) is 0 Å². The Bertz CT molecular complexity index is 2720. The van der Waals surface area contributed by atoms with E-state index >= 15 is 0 Å². The van der Waals surface area contributed by atoms with Crippen molar-refractivity contribution in [1.82, 2.24) is 0 Å². The van der Waals surface area contributed by atoms with Crippen molar-refractivity contribution < 1.29 is 11.3 Å². The molecule has 1 nitrogen and oxygen atoms in total. The van der Waals surface area contributed by atoms with Crippen LogP contribution in [0.4, 0.5) is 0 Å². The van der Waals surface area contributed by atoms with E-state index in [4.69, 9.17) is 11.3 Å². The molecule has 45 heavy (non-hydrogen) atoms. The number of benzene rings is 8. The van der Waals surface area contributed by atoms with Crippen molar-refractivity contribution in [3.05, 3.63) is 170 Å². The van der Waals surface area contributed by atoms with Crippen molar-refractivity contribution in [3.63, 3.8) is 0 Å². The lowest BCUT2D eigenvalue weighted by Gasteiger charge is -2.19. The standard InChI is InChI=1S/C44H28O/c1-3-13-29(14-4-1)31-23-25-32(26-24-31)42-34-17-7-9-19-36(34)43(37-20-10-8-18-35(37)42)39-27-33(30-15-5-2-6-16-30)28-41-44(39)38-21-11-12-22-40(38)45-41/h1-28H/i2D,5D,6D,15D,16D. The largest absolute Gasteiger partial charge is 0.456 e. The highest BCUT2D eigenvalue weighted by atomic mass is 16.3. The molecule has 0 saturated heterocycles. The maximum Gasteiger partial charge on any atom is 0.136 e. The molecule has 0 aliphatic carbocycles. The van der Waals surface area contributed by atoms with Gasteiger partial charge in [0.15, 0.2) is 0 Å². The van der Waals surface area contributed by atoms with E-state index in [9.17, 15) is 0 Å². The summed E-state index contributed by atoms with van der Waals surface area (Å²) in [7, 11) is 0. The topological polar surface area (TPSA) is 13.1 Å². The second kappa shape index (κ2) is 10.4. The maximum atomic E-state index is 8.82.